The van der Waals surface area contributed by atoms with Crippen molar-refractivity contribution < 1.29 is 9.13 Å². The Hall–Kier alpha value is -0.830. The minimum Gasteiger partial charge on any atom is -0.472 e. The molecule has 4 heteroatoms. The number of nitrogens with zero attached hydrogens (tertiary/aromatic N) is 1. The Labute approximate surface area is 101 Å². The van der Waals surface area contributed by atoms with Crippen molar-refractivity contribution in [3.05, 3.63) is 23.1 Å². The summed E-state index contributed by atoms with van der Waals surface area (Å²) < 4.78 is 19.0. The summed E-state index contributed by atoms with van der Waals surface area (Å²) in [6.45, 7) is 4.16. The summed E-state index contributed by atoms with van der Waals surface area (Å²) in [6.07, 6.45) is 5.29. The van der Waals surface area contributed by atoms with Gasteiger partial charge in [-0.2, -0.15) is 0 Å². The zero-order valence-electron chi connectivity index (χ0n) is 9.67. The molecule has 1 rings (SSSR count). The fourth-order valence-corrected chi connectivity index (χ4v) is 1.70. The molecule has 16 heavy (non-hydrogen) atoms. The van der Waals surface area contributed by atoms with Gasteiger partial charge < -0.3 is 4.74 Å². The van der Waals surface area contributed by atoms with Crippen LogP contribution in [0.25, 0.3) is 0 Å². The number of hydrogen-bond acceptors (Lipinski definition) is 2. The fourth-order valence-electron chi connectivity index (χ4n) is 1.55. The quantitative estimate of drug-likeness (QED) is 0.749. The molecule has 0 unspecified atom stereocenters. The molecule has 0 aromatic carbocycles. The highest BCUT2D eigenvalue weighted by Gasteiger charge is 2.13. The van der Waals surface area contributed by atoms with Gasteiger partial charge in [-0.3, -0.25) is 0 Å². The Bertz CT molecular complexity index is 327. The Morgan fingerprint density at radius 2 is 2.00 bits per heavy atom. The van der Waals surface area contributed by atoms with Crippen LogP contribution in [0.4, 0.5) is 4.39 Å². The van der Waals surface area contributed by atoms with Crippen LogP contribution in [0.1, 0.15) is 39.5 Å². The van der Waals surface area contributed by atoms with Gasteiger partial charge in [0.1, 0.15) is 6.10 Å². The molecule has 0 fully saturated rings. The van der Waals surface area contributed by atoms with Crippen molar-refractivity contribution in [1.82, 2.24) is 4.98 Å². The number of rotatable bonds is 6. The molecular weight excluding hydrogens is 229 g/mol. The number of ether oxygens (including phenoxy) is 1. The van der Waals surface area contributed by atoms with Crippen LogP contribution in [0.5, 0.6) is 5.88 Å². The molecule has 90 valence electrons. The van der Waals surface area contributed by atoms with Gasteiger partial charge in [0.05, 0.1) is 5.02 Å². The third-order valence-corrected chi connectivity index (χ3v) is 2.48. The predicted molar refractivity (Wildman–Crippen MR) is 63.4 cm³/mol. The molecule has 0 saturated carbocycles. The predicted octanol–water partition coefficient (Wildman–Crippen LogP) is 4.22. The van der Waals surface area contributed by atoms with E-state index in [1.807, 2.05) is 0 Å². The number of hydrogen-bond donors (Lipinski definition) is 0. The van der Waals surface area contributed by atoms with E-state index < -0.39 is 5.82 Å². The standard InChI is InChI=1S/C12H17ClFNO/c1-3-5-10(6-4-2)16-12-11(14)7-9(13)8-15-12/h7-8,10H,3-6H2,1-2H3. The van der Waals surface area contributed by atoms with E-state index in [2.05, 4.69) is 18.8 Å². The minimum absolute atomic E-state index is 0.0400. The monoisotopic (exact) mass is 245 g/mol. The minimum atomic E-state index is -0.496. The van der Waals surface area contributed by atoms with Crippen LogP contribution >= 0.6 is 11.6 Å². The molecule has 2 nitrogen and oxygen atoms in total. The first-order valence-corrected chi connectivity index (χ1v) is 6.02. The van der Waals surface area contributed by atoms with E-state index in [1.165, 1.54) is 12.3 Å². The fraction of sp³-hybridized carbons (Fsp3) is 0.583. The first kappa shape index (κ1) is 13.2. The number of pyridine rings is 1. The molecule has 1 heterocycles. The maximum absolute atomic E-state index is 13.4. The van der Waals surface area contributed by atoms with Gasteiger partial charge in [0, 0.05) is 6.20 Å². The van der Waals surface area contributed by atoms with Gasteiger partial charge in [0.25, 0.3) is 5.88 Å². The molecule has 1 aromatic heterocycles. The SMILES string of the molecule is CCCC(CCC)Oc1ncc(Cl)cc1F. The van der Waals surface area contributed by atoms with Crippen LogP contribution in [-0.4, -0.2) is 11.1 Å². The number of aromatic nitrogens is 1. The first-order valence-electron chi connectivity index (χ1n) is 5.65. The molecule has 0 radical (unpaired) electrons. The first-order chi connectivity index (χ1) is 7.67. The van der Waals surface area contributed by atoms with E-state index in [1.54, 1.807) is 0 Å². The summed E-state index contributed by atoms with van der Waals surface area (Å²) in [4.78, 5) is 3.85. The molecule has 0 aliphatic rings. The second kappa shape index (κ2) is 6.69. The zero-order chi connectivity index (χ0) is 12.0. The van der Waals surface area contributed by atoms with Crippen LogP contribution in [0.3, 0.4) is 0 Å². The average Bonchev–Trinajstić information content (AvgIpc) is 2.23. The van der Waals surface area contributed by atoms with Crippen molar-refractivity contribution >= 4 is 11.6 Å². The van der Waals surface area contributed by atoms with Gasteiger partial charge in [-0.15, -0.1) is 0 Å². The summed E-state index contributed by atoms with van der Waals surface area (Å²) in [5.74, 6) is -0.444. The summed E-state index contributed by atoms with van der Waals surface area (Å²) >= 11 is 5.62. The average molecular weight is 246 g/mol. The molecule has 0 amide bonds. The number of halogens is 2. The maximum Gasteiger partial charge on any atom is 0.250 e. The van der Waals surface area contributed by atoms with Crippen LogP contribution in [0.15, 0.2) is 12.3 Å². The highest BCUT2D eigenvalue weighted by Crippen LogP contribution is 2.21. The smallest absolute Gasteiger partial charge is 0.250 e. The van der Waals surface area contributed by atoms with E-state index >= 15 is 0 Å². The summed E-state index contributed by atoms with van der Waals surface area (Å²) in [6, 6.07) is 1.22. The second-order valence-electron chi connectivity index (χ2n) is 3.76. The summed E-state index contributed by atoms with van der Waals surface area (Å²) in [7, 11) is 0. The summed E-state index contributed by atoms with van der Waals surface area (Å²) in [5.41, 5.74) is 0. The Kier molecular flexibility index (Phi) is 5.53. The Morgan fingerprint density at radius 3 is 2.50 bits per heavy atom. The summed E-state index contributed by atoms with van der Waals surface area (Å²) in [5, 5.41) is 0.285. The Morgan fingerprint density at radius 1 is 1.38 bits per heavy atom. The van der Waals surface area contributed by atoms with Gasteiger partial charge in [0.15, 0.2) is 5.82 Å². The molecule has 0 aliphatic carbocycles. The van der Waals surface area contributed by atoms with Crippen molar-refractivity contribution in [1.29, 1.82) is 0 Å². The largest absolute Gasteiger partial charge is 0.472 e. The topological polar surface area (TPSA) is 22.1 Å². The van der Waals surface area contributed by atoms with E-state index in [0.717, 1.165) is 25.7 Å². The molecule has 0 bridgehead atoms. The van der Waals surface area contributed by atoms with E-state index in [-0.39, 0.29) is 17.0 Å². The van der Waals surface area contributed by atoms with Crippen LogP contribution in [0.2, 0.25) is 5.02 Å². The third kappa shape index (κ3) is 3.97. The van der Waals surface area contributed by atoms with Crippen molar-refractivity contribution in [2.75, 3.05) is 0 Å². The van der Waals surface area contributed by atoms with Gasteiger partial charge in [-0.25, -0.2) is 9.37 Å². The molecular formula is C12H17ClFNO. The van der Waals surface area contributed by atoms with Gasteiger partial charge in [-0.05, 0) is 18.9 Å². The lowest BCUT2D eigenvalue weighted by molar-refractivity contribution is 0.163. The lowest BCUT2D eigenvalue weighted by Gasteiger charge is -2.17. The van der Waals surface area contributed by atoms with E-state index in [0.29, 0.717) is 0 Å². The Balaban J connectivity index is 2.68. The van der Waals surface area contributed by atoms with Gasteiger partial charge in [-0.1, -0.05) is 38.3 Å². The molecule has 0 N–H and O–H groups in total. The van der Waals surface area contributed by atoms with E-state index in [4.69, 9.17) is 16.3 Å². The highest BCUT2D eigenvalue weighted by atomic mass is 35.5. The van der Waals surface area contributed by atoms with Crippen LogP contribution in [-0.2, 0) is 0 Å². The highest BCUT2D eigenvalue weighted by molar-refractivity contribution is 6.30. The molecule has 0 atom stereocenters. The van der Waals surface area contributed by atoms with Crippen LogP contribution < -0.4 is 4.74 Å². The van der Waals surface area contributed by atoms with Crippen LogP contribution in [0, 0.1) is 5.82 Å². The van der Waals surface area contributed by atoms with Gasteiger partial charge in [0.2, 0.25) is 0 Å². The molecule has 0 spiro atoms. The molecule has 0 saturated heterocycles. The third-order valence-electron chi connectivity index (χ3n) is 2.27. The van der Waals surface area contributed by atoms with E-state index in [9.17, 15) is 4.39 Å². The molecule has 1 aromatic rings. The zero-order valence-corrected chi connectivity index (χ0v) is 10.4. The maximum atomic E-state index is 13.4. The lowest BCUT2D eigenvalue weighted by atomic mass is 10.1. The lowest BCUT2D eigenvalue weighted by Crippen LogP contribution is -2.17. The van der Waals surface area contributed by atoms with Crippen molar-refractivity contribution in [2.24, 2.45) is 0 Å². The second-order valence-corrected chi connectivity index (χ2v) is 4.19. The van der Waals surface area contributed by atoms with Crippen molar-refractivity contribution in [3.63, 3.8) is 0 Å². The molecule has 0 aliphatic heterocycles. The van der Waals surface area contributed by atoms with Crippen molar-refractivity contribution in [3.8, 4) is 5.88 Å². The van der Waals surface area contributed by atoms with Gasteiger partial charge >= 0.3 is 0 Å². The van der Waals surface area contributed by atoms with Crippen molar-refractivity contribution in [2.45, 2.75) is 45.6 Å². The normalized spacial score (nSPS) is 10.8.